The zero-order valence-electron chi connectivity index (χ0n) is 16.5. The van der Waals surface area contributed by atoms with E-state index < -0.39 is 0 Å². The molecule has 3 aromatic rings. The van der Waals surface area contributed by atoms with Gasteiger partial charge in [0.25, 0.3) is 5.91 Å². The molecule has 5 rings (SSSR count). The molecule has 1 aromatic heterocycles. The third kappa shape index (κ3) is 3.46. The van der Waals surface area contributed by atoms with Gasteiger partial charge in [-0.2, -0.15) is 0 Å². The van der Waals surface area contributed by atoms with Crippen molar-refractivity contribution in [2.45, 2.75) is 13.0 Å². The lowest BCUT2D eigenvalue weighted by molar-refractivity contribution is 0.0957. The Kier molecular flexibility index (Phi) is 4.77. The van der Waals surface area contributed by atoms with Gasteiger partial charge in [0.05, 0.1) is 17.8 Å². The molecule has 2 aromatic carbocycles. The molecular formula is C24H22N4O2. The van der Waals surface area contributed by atoms with Gasteiger partial charge in [0.2, 0.25) is 0 Å². The Morgan fingerprint density at radius 2 is 1.90 bits per heavy atom. The Labute approximate surface area is 174 Å². The number of nitrogens with one attached hydrogen (secondary N) is 3. The monoisotopic (exact) mass is 398 g/mol. The molecule has 0 atom stereocenters. The molecule has 0 spiro atoms. The summed E-state index contributed by atoms with van der Waals surface area (Å²) in [6.45, 7) is 2.80. The van der Waals surface area contributed by atoms with Crippen molar-refractivity contribution in [2.75, 3.05) is 19.7 Å². The molecule has 0 bridgehead atoms. The molecular weight excluding hydrogens is 376 g/mol. The molecule has 0 radical (unpaired) electrons. The lowest BCUT2D eigenvalue weighted by Gasteiger charge is -2.18. The first kappa shape index (κ1) is 18.5. The van der Waals surface area contributed by atoms with Gasteiger partial charge in [-0.25, -0.2) is 0 Å². The number of aromatic nitrogens is 1. The average molecular weight is 398 g/mol. The number of rotatable bonds is 3. The van der Waals surface area contributed by atoms with E-state index in [9.17, 15) is 4.79 Å². The predicted octanol–water partition coefficient (Wildman–Crippen LogP) is 2.93. The topological polar surface area (TPSA) is 87.1 Å². The van der Waals surface area contributed by atoms with E-state index in [1.807, 2.05) is 12.3 Å². The zero-order chi connectivity index (χ0) is 20.5. The fraction of sp³-hybridized carbons (Fsp3) is 0.208. The molecule has 0 aliphatic carbocycles. The van der Waals surface area contributed by atoms with Crippen LogP contribution in [-0.4, -0.2) is 36.3 Å². The second kappa shape index (κ2) is 7.72. The molecule has 3 N–H and O–H groups in total. The molecule has 0 fully saturated rings. The average Bonchev–Trinajstić information content (AvgIpc) is 2.99. The van der Waals surface area contributed by atoms with Crippen LogP contribution in [0, 0.1) is 5.41 Å². The maximum atomic E-state index is 12.1. The molecule has 2 aliphatic rings. The van der Waals surface area contributed by atoms with Crippen LogP contribution in [0.25, 0.3) is 11.1 Å². The van der Waals surface area contributed by atoms with Crippen molar-refractivity contribution in [3.05, 3.63) is 82.7 Å². The predicted molar refractivity (Wildman–Crippen MR) is 115 cm³/mol. The molecule has 0 unspecified atom stereocenters. The van der Waals surface area contributed by atoms with Crippen LogP contribution < -0.4 is 15.4 Å². The van der Waals surface area contributed by atoms with Crippen LogP contribution in [0.4, 0.5) is 0 Å². The van der Waals surface area contributed by atoms with Gasteiger partial charge in [-0.05, 0) is 47.9 Å². The number of amides is 1. The molecule has 0 saturated heterocycles. The number of pyridine rings is 1. The van der Waals surface area contributed by atoms with Crippen LogP contribution >= 0.6 is 0 Å². The fourth-order valence-electron chi connectivity index (χ4n) is 3.96. The summed E-state index contributed by atoms with van der Waals surface area (Å²) < 4.78 is 5.69. The van der Waals surface area contributed by atoms with Crippen LogP contribution in [0.1, 0.15) is 32.6 Å². The Morgan fingerprint density at radius 3 is 2.83 bits per heavy atom. The van der Waals surface area contributed by atoms with E-state index in [0.717, 1.165) is 36.2 Å². The van der Waals surface area contributed by atoms with Crippen molar-refractivity contribution in [1.29, 1.82) is 5.41 Å². The molecule has 30 heavy (non-hydrogen) atoms. The number of carbonyl (C=O) groups is 1. The largest absolute Gasteiger partial charge is 0.491 e. The third-order valence-corrected chi connectivity index (χ3v) is 5.61. The molecule has 1 amide bonds. The molecule has 6 heteroatoms. The first-order valence-corrected chi connectivity index (χ1v) is 10.1. The van der Waals surface area contributed by atoms with Gasteiger partial charge in [0.1, 0.15) is 12.4 Å². The van der Waals surface area contributed by atoms with E-state index in [4.69, 9.17) is 10.1 Å². The normalized spacial score (nSPS) is 15.3. The minimum atomic E-state index is -0.146. The van der Waals surface area contributed by atoms with Crippen LogP contribution in [0.2, 0.25) is 0 Å². The smallest absolute Gasteiger partial charge is 0.255 e. The summed E-state index contributed by atoms with van der Waals surface area (Å²) in [5.41, 5.74) is 7.08. The van der Waals surface area contributed by atoms with Crippen molar-refractivity contribution in [3.63, 3.8) is 0 Å². The Hall–Kier alpha value is -3.51. The van der Waals surface area contributed by atoms with Gasteiger partial charge in [0.15, 0.2) is 0 Å². The maximum absolute atomic E-state index is 12.1. The number of ether oxygens (including phenoxy) is 1. The minimum absolute atomic E-state index is 0.146. The highest BCUT2D eigenvalue weighted by Gasteiger charge is 2.18. The summed E-state index contributed by atoms with van der Waals surface area (Å²) in [6, 6.07) is 13.8. The summed E-state index contributed by atoms with van der Waals surface area (Å²) in [7, 11) is 0. The molecule has 150 valence electrons. The highest BCUT2D eigenvalue weighted by atomic mass is 16.5. The lowest BCUT2D eigenvalue weighted by Crippen LogP contribution is -2.24. The van der Waals surface area contributed by atoms with Gasteiger partial charge in [-0.3, -0.25) is 15.2 Å². The number of carbonyl (C=O) groups excluding carboxylic acids is 1. The van der Waals surface area contributed by atoms with Crippen LogP contribution in [0.15, 0.2) is 54.9 Å². The highest BCUT2D eigenvalue weighted by molar-refractivity contribution is 6.12. The van der Waals surface area contributed by atoms with Crippen molar-refractivity contribution < 1.29 is 9.53 Å². The molecule has 2 aliphatic heterocycles. The summed E-state index contributed by atoms with van der Waals surface area (Å²) in [4.78, 5) is 16.5. The second-order valence-electron chi connectivity index (χ2n) is 7.56. The number of hydrogen-bond donors (Lipinski definition) is 3. The van der Waals surface area contributed by atoms with E-state index in [0.29, 0.717) is 35.7 Å². The summed E-state index contributed by atoms with van der Waals surface area (Å²) >= 11 is 0. The van der Waals surface area contributed by atoms with E-state index in [2.05, 4.69) is 33.8 Å². The number of fused-ring (bicyclic) bond motifs is 2. The van der Waals surface area contributed by atoms with Gasteiger partial charge in [0, 0.05) is 35.6 Å². The zero-order valence-corrected chi connectivity index (χ0v) is 16.5. The summed E-state index contributed by atoms with van der Waals surface area (Å²) in [6.07, 6.45) is 4.56. The third-order valence-electron chi connectivity index (χ3n) is 5.61. The molecule has 0 saturated carbocycles. The van der Waals surface area contributed by atoms with Gasteiger partial charge in [-0.1, -0.05) is 24.3 Å². The van der Waals surface area contributed by atoms with Crippen LogP contribution in [-0.2, 0) is 13.0 Å². The number of benzene rings is 2. The van der Waals surface area contributed by atoms with Gasteiger partial charge in [-0.15, -0.1) is 0 Å². The number of hydrogen-bond acceptors (Lipinski definition) is 5. The number of nitrogens with zero attached hydrogens (tertiary/aromatic N) is 1. The first-order valence-electron chi connectivity index (χ1n) is 10.1. The van der Waals surface area contributed by atoms with E-state index >= 15 is 0 Å². The van der Waals surface area contributed by atoms with Crippen molar-refractivity contribution >= 4 is 11.6 Å². The highest BCUT2D eigenvalue weighted by Crippen LogP contribution is 2.27. The summed E-state index contributed by atoms with van der Waals surface area (Å²) in [5.74, 6) is 0.367. The molecule has 6 nitrogen and oxygen atoms in total. The van der Waals surface area contributed by atoms with Crippen LogP contribution in [0.3, 0.4) is 0 Å². The second-order valence-corrected chi connectivity index (χ2v) is 7.56. The van der Waals surface area contributed by atoms with E-state index in [1.165, 1.54) is 11.1 Å². The van der Waals surface area contributed by atoms with Crippen molar-refractivity contribution in [1.82, 2.24) is 15.6 Å². The quantitative estimate of drug-likeness (QED) is 0.592. The first-order chi connectivity index (χ1) is 14.7. The fourth-order valence-corrected chi connectivity index (χ4v) is 3.96. The van der Waals surface area contributed by atoms with Crippen LogP contribution in [0.5, 0.6) is 5.75 Å². The van der Waals surface area contributed by atoms with Crippen molar-refractivity contribution in [3.8, 4) is 16.9 Å². The van der Waals surface area contributed by atoms with Gasteiger partial charge < -0.3 is 15.4 Å². The van der Waals surface area contributed by atoms with E-state index in [-0.39, 0.29) is 5.91 Å². The van der Waals surface area contributed by atoms with Gasteiger partial charge >= 0.3 is 0 Å². The SMILES string of the molecule is N=C(c1cncc(-c2ccc3c(c2)CCNC3)c1)c1ccc2c(c1)OCCNC2=O. The standard InChI is InChI=1S/C24H22N4O2/c25-23(17-3-4-21-22(11-17)30-8-7-28-24(21)29)20-10-19(13-27-14-20)15-1-2-18-12-26-6-5-16(18)9-15/h1-4,9-11,13-14,25-26H,5-8,12H2,(H,28,29). The maximum Gasteiger partial charge on any atom is 0.255 e. The summed E-state index contributed by atoms with van der Waals surface area (Å²) in [5, 5.41) is 14.9. The van der Waals surface area contributed by atoms with Crippen molar-refractivity contribution in [2.24, 2.45) is 0 Å². The molecule has 3 heterocycles. The Balaban J connectivity index is 1.46. The van der Waals surface area contributed by atoms with E-state index in [1.54, 1.807) is 24.4 Å². The minimum Gasteiger partial charge on any atom is -0.491 e. The Morgan fingerprint density at radius 1 is 0.967 bits per heavy atom. The Bertz CT molecular complexity index is 1160. The lowest BCUT2D eigenvalue weighted by atomic mass is 9.94.